The summed E-state index contributed by atoms with van der Waals surface area (Å²) in [6.45, 7) is 9.70. The minimum absolute atomic E-state index is 0.0389. The first kappa shape index (κ1) is 27.2. The first-order valence-corrected chi connectivity index (χ1v) is 12.5. The van der Waals surface area contributed by atoms with Gasteiger partial charge in [0.1, 0.15) is 18.4 Å². The van der Waals surface area contributed by atoms with Crippen LogP contribution in [-0.4, -0.2) is 38.2 Å². The lowest BCUT2D eigenvalue weighted by Crippen LogP contribution is -2.20. The molecule has 4 rings (SSSR count). The molecule has 1 aromatic carbocycles. The Labute approximate surface area is 225 Å². The Bertz CT molecular complexity index is 1510. The van der Waals surface area contributed by atoms with E-state index in [1.165, 1.54) is 16.9 Å². The molecule has 0 saturated carbocycles. The van der Waals surface area contributed by atoms with Crippen LogP contribution in [0.1, 0.15) is 62.3 Å². The fourth-order valence-corrected chi connectivity index (χ4v) is 4.27. The predicted octanol–water partition coefficient (Wildman–Crippen LogP) is 6.38. The van der Waals surface area contributed by atoms with Crippen LogP contribution < -0.4 is 10.6 Å². The number of rotatable bonds is 8. The van der Waals surface area contributed by atoms with Crippen molar-refractivity contribution in [1.29, 1.82) is 5.26 Å². The molecule has 2 unspecified atom stereocenters. The third-order valence-corrected chi connectivity index (χ3v) is 6.34. The zero-order valence-corrected chi connectivity index (χ0v) is 22.6. The third-order valence-electron chi connectivity index (χ3n) is 6.05. The number of hydrogen-bond acceptors (Lipinski definition) is 7. The van der Waals surface area contributed by atoms with E-state index in [0.717, 1.165) is 0 Å². The van der Waals surface area contributed by atoms with Crippen LogP contribution in [0.4, 0.5) is 20.2 Å². The third kappa shape index (κ3) is 5.83. The zero-order chi connectivity index (χ0) is 27.6. The second-order valence-corrected chi connectivity index (χ2v) is 10.8. The maximum Gasteiger partial charge on any atom is 0.213 e. The summed E-state index contributed by atoms with van der Waals surface area (Å²) >= 11 is 6.66. The molecule has 0 bridgehead atoms. The van der Waals surface area contributed by atoms with Gasteiger partial charge in [-0.1, -0.05) is 43.7 Å². The maximum atomic E-state index is 13.8. The van der Waals surface area contributed by atoms with Crippen molar-refractivity contribution < 1.29 is 8.78 Å². The Balaban J connectivity index is 1.83. The van der Waals surface area contributed by atoms with Crippen molar-refractivity contribution in [2.24, 2.45) is 5.41 Å². The van der Waals surface area contributed by atoms with Crippen LogP contribution in [0.2, 0.25) is 5.02 Å². The van der Waals surface area contributed by atoms with Gasteiger partial charge in [0.25, 0.3) is 0 Å². The van der Waals surface area contributed by atoms with Gasteiger partial charge in [-0.3, -0.25) is 4.98 Å². The van der Waals surface area contributed by atoms with Gasteiger partial charge in [-0.05, 0) is 37.5 Å². The van der Waals surface area contributed by atoms with E-state index >= 15 is 0 Å². The van der Waals surface area contributed by atoms with Gasteiger partial charge in [-0.15, -0.1) is 5.10 Å². The summed E-state index contributed by atoms with van der Waals surface area (Å²) in [5.41, 5.74) is 3.77. The predicted molar refractivity (Wildman–Crippen MR) is 145 cm³/mol. The lowest BCUT2D eigenvalue weighted by atomic mass is 9.96. The Morgan fingerprint density at radius 1 is 1.24 bits per heavy atom. The number of hydrogen-bond donors (Lipinski definition) is 2. The topological polar surface area (TPSA) is 104 Å². The average molecular weight is 539 g/mol. The molecular formula is C27H29ClF2N8. The van der Waals surface area contributed by atoms with Crippen LogP contribution in [0.15, 0.2) is 36.7 Å². The molecule has 0 saturated heterocycles. The Kier molecular flexibility index (Phi) is 7.78. The standard InChI is InChI=1S/C27H29ClF2N8/c1-15(10-29)38-13-22(36-37-38)26(19-6-7-23(30)34-16(19)2)35-18-8-20-24(33-14-27(3,4)5)17(11-31)12-32-25(20)21(28)9-18/h6-9,12-13,15,26,35H,10,14H2,1-5H3,(H,32,33). The number of nitriles is 1. The zero-order valence-electron chi connectivity index (χ0n) is 21.9. The molecule has 4 aromatic rings. The van der Waals surface area contributed by atoms with Crippen molar-refractivity contribution in [3.05, 3.63) is 70.1 Å². The summed E-state index contributed by atoms with van der Waals surface area (Å²) in [5.74, 6) is -0.599. The van der Waals surface area contributed by atoms with Gasteiger partial charge < -0.3 is 10.6 Å². The van der Waals surface area contributed by atoms with Gasteiger partial charge in [-0.25, -0.2) is 14.1 Å². The van der Waals surface area contributed by atoms with Crippen molar-refractivity contribution >= 4 is 33.9 Å². The molecule has 0 spiro atoms. The highest BCUT2D eigenvalue weighted by molar-refractivity contribution is 6.35. The van der Waals surface area contributed by atoms with Gasteiger partial charge >= 0.3 is 0 Å². The molecule has 8 nitrogen and oxygen atoms in total. The van der Waals surface area contributed by atoms with Crippen LogP contribution in [0.3, 0.4) is 0 Å². The molecule has 3 heterocycles. The van der Waals surface area contributed by atoms with Crippen LogP contribution in [0.25, 0.3) is 10.9 Å². The number of nitrogens with one attached hydrogen (secondary N) is 2. The first-order valence-electron chi connectivity index (χ1n) is 12.1. The smallest absolute Gasteiger partial charge is 0.213 e. The number of fused-ring (bicyclic) bond motifs is 1. The van der Waals surface area contributed by atoms with Gasteiger partial charge in [0.15, 0.2) is 0 Å². The summed E-state index contributed by atoms with van der Waals surface area (Å²) in [6, 6.07) is 7.59. The lowest BCUT2D eigenvalue weighted by Gasteiger charge is -2.23. The lowest BCUT2D eigenvalue weighted by molar-refractivity contribution is 0.351. The molecule has 0 radical (unpaired) electrons. The minimum atomic E-state index is -0.602. The van der Waals surface area contributed by atoms with Crippen molar-refractivity contribution in [1.82, 2.24) is 25.0 Å². The molecule has 2 N–H and O–H groups in total. The summed E-state index contributed by atoms with van der Waals surface area (Å²) in [4.78, 5) is 8.38. The van der Waals surface area contributed by atoms with E-state index in [9.17, 15) is 14.0 Å². The number of nitrogens with zero attached hydrogens (tertiary/aromatic N) is 6. The highest BCUT2D eigenvalue weighted by atomic mass is 35.5. The largest absolute Gasteiger partial charge is 0.383 e. The maximum absolute atomic E-state index is 13.8. The van der Waals surface area contributed by atoms with E-state index in [0.29, 0.717) is 56.4 Å². The van der Waals surface area contributed by atoms with E-state index in [4.69, 9.17) is 11.6 Å². The molecule has 38 heavy (non-hydrogen) atoms. The summed E-state index contributed by atoms with van der Waals surface area (Å²) in [7, 11) is 0. The Hall–Kier alpha value is -3.84. The second-order valence-electron chi connectivity index (χ2n) is 10.4. The number of aromatic nitrogens is 5. The molecule has 0 amide bonds. The van der Waals surface area contributed by atoms with Crippen LogP contribution in [-0.2, 0) is 0 Å². The van der Waals surface area contributed by atoms with E-state index in [-0.39, 0.29) is 5.41 Å². The van der Waals surface area contributed by atoms with Crippen molar-refractivity contribution in [3.8, 4) is 6.07 Å². The fraction of sp³-hybridized carbons (Fsp3) is 0.370. The number of benzene rings is 1. The highest BCUT2D eigenvalue weighted by Crippen LogP contribution is 2.36. The summed E-state index contributed by atoms with van der Waals surface area (Å²) < 4.78 is 28.6. The number of alkyl halides is 1. The Morgan fingerprint density at radius 3 is 2.66 bits per heavy atom. The van der Waals surface area contributed by atoms with Crippen molar-refractivity contribution in [2.75, 3.05) is 23.9 Å². The van der Waals surface area contributed by atoms with Gasteiger partial charge in [0.05, 0.1) is 40.1 Å². The van der Waals surface area contributed by atoms with Crippen molar-refractivity contribution in [2.45, 2.75) is 46.7 Å². The molecule has 11 heteroatoms. The van der Waals surface area contributed by atoms with E-state index < -0.39 is 24.7 Å². The van der Waals surface area contributed by atoms with Crippen molar-refractivity contribution in [3.63, 3.8) is 0 Å². The normalized spacial score (nSPS) is 13.2. The Morgan fingerprint density at radius 2 is 2.00 bits per heavy atom. The second kappa shape index (κ2) is 10.9. The molecule has 0 fully saturated rings. The average Bonchev–Trinajstić information content (AvgIpc) is 3.35. The molecule has 0 aliphatic carbocycles. The van der Waals surface area contributed by atoms with Gasteiger partial charge in [-0.2, -0.15) is 9.65 Å². The van der Waals surface area contributed by atoms with E-state index in [1.54, 1.807) is 32.2 Å². The molecule has 0 aliphatic heterocycles. The molecule has 0 aliphatic rings. The monoisotopic (exact) mass is 538 g/mol. The minimum Gasteiger partial charge on any atom is -0.383 e. The first-order chi connectivity index (χ1) is 18.0. The number of aryl methyl sites for hydroxylation is 1. The van der Waals surface area contributed by atoms with Gasteiger partial charge in [0, 0.05) is 35.1 Å². The molecular weight excluding hydrogens is 510 g/mol. The molecule has 2 atom stereocenters. The molecule has 198 valence electrons. The fourth-order valence-electron chi connectivity index (χ4n) is 4.00. The quantitative estimate of drug-likeness (QED) is 0.251. The van der Waals surface area contributed by atoms with E-state index in [2.05, 4.69) is 57.8 Å². The molecule has 3 aromatic heterocycles. The highest BCUT2D eigenvalue weighted by Gasteiger charge is 2.23. The van der Waals surface area contributed by atoms with Crippen LogP contribution >= 0.6 is 11.6 Å². The number of halogens is 3. The number of pyridine rings is 2. The van der Waals surface area contributed by atoms with Crippen LogP contribution in [0, 0.1) is 29.6 Å². The summed E-state index contributed by atoms with van der Waals surface area (Å²) in [6.07, 6.45) is 3.16. The van der Waals surface area contributed by atoms with Gasteiger partial charge in [0.2, 0.25) is 5.95 Å². The number of anilines is 2. The SMILES string of the molecule is Cc1nc(F)ccc1C(Nc1cc(Cl)c2ncc(C#N)c(NCC(C)(C)C)c2c1)c1cn(C(C)CF)nn1. The summed E-state index contributed by atoms with van der Waals surface area (Å²) in [5, 5.41) is 26.0. The van der Waals surface area contributed by atoms with Crippen LogP contribution in [0.5, 0.6) is 0 Å². The van der Waals surface area contributed by atoms with E-state index in [1.807, 2.05) is 6.07 Å².